The van der Waals surface area contributed by atoms with Crippen LogP contribution in [0.1, 0.15) is 43.0 Å². The average molecular weight is 321 g/mol. The molecule has 0 aliphatic carbocycles. The van der Waals surface area contributed by atoms with Crippen LogP contribution in [0.4, 0.5) is 0 Å². The molecule has 1 aromatic carbocycles. The van der Waals surface area contributed by atoms with Gasteiger partial charge in [-0.2, -0.15) is 0 Å². The van der Waals surface area contributed by atoms with Crippen LogP contribution in [0.25, 0.3) is 0 Å². The van der Waals surface area contributed by atoms with Crippen molar-refractivity contribution in [3.63, 3.8) is 0 Å². The van der Waals surface area contributed by atoms with E-state index in [0.717, 1.165) is 30.7 Å². The molecule has 1 saturated heterocycles. The number of ether oxygens (including phenoxy) is 1. The van der Waals surface area contributed by atoms with E-state index >= 15 is 0 Å². The molecule has 4 nitrogen and oxygen atoms in total. The lowest BCUT2D eigenvalue weighted by atomic mass is 10.0. The predicted molar refractivity (Wildman–Crippen MR) is 88.1 cm³/mol. The van der Waals surface area contributed by atoms with Crippen LogP contribution in [0.15, 0.2) is 29.2 Å². The first-order chi connectivity index (χ1) is 10.7. The zero-order valence-corrected chi connectivity index (χ0v) is 14.0. The van der Waals surface area contributed by atoms with Crippen molar-refractivity contribution in [2.45, 2.75) is 43.5 Å². The molecule has 5 heteroatoms. The highest BCUT2D eigenvalue weighted by atomic mass is 32.2. The number of thioether (sulfide) groups is 1. The van der Waals surface area contributed by atoms with Crippen LogP contribution >= 0.6 is 11.8 Å². The molecular weight excluding hydrogens is 298 g/mol. The minimum absolute atomic E-state index is 0.163. The highest BCUT2D eigenvalue weighted by molar-refractivity contribution is 8.00. The molecule has 1 fully saturated rings. The highest BCUT2D eigenvalue weighted by Crippen LogP contribution is 2.26. The molecule has 1 aliphatic rings. The number of methoxy groups -OCH3 is 1. The molecule has 0 radical (unpaired) electrons. The smallest absolute Gasteiger partial charge is 0.338 e. The van der Waals surface area contributed by atoms with Crippen LogP contribution in [0.2, 0.25) is 0 Å². The fourth-order valence-corrected chi connectivity index (χ4v) is 3.77. The summed E-state index contributed by atoms with van der Waals surface area (Å²) in [6.07, 6.45) is 4.41. The van der Waals surface area contributed by atoms with Gasteiger partial charge in [0.25, 0.3) is 0 Å². The first-order valence-electron chi connectivity index (χ1n) is 7.77. The van der Waals surface area contributed by atoms with Crippen molar-refractivity contribution in [3.05, 3.63) is 29.8 Å². The van der Waals surface area contributed by atoms with Crippen LogP contribution in [0.3, 0.4) is 0 Å². The summed E-state index contributed by atoms with van der Waals surface area (Å²) in [5, 5.41) is 0. The van der Waals surface area contributed by atoms with Crippen LogP contribution < -0.4 is 0 Å². The minimum Gasteiger partial charge on any atom is -0.465 e. The Morgan fingerprint density at radius 2 is 2.09 bits per heavy atom. The van der Waals surface area contributed by atoms with Crippen molar-refractivity contribution in [3.8, 4) is 0 Å². The van der Waals surface area contributed by atoms with Crippen molar-refractivity contribution in [1.82, 2.24) is 4.90 Å². The molecule has 22 heavy (non-hydrogen) atoms. The van der Waals surface area contributed by atoms with Gasteiger partial charge >= 0.3 is 5.97 Å². The second-order valence-corrected chi connectivity index (χ2v) is 6.44. The quantitative estimate of drug-likeness (QED) is 0.616. The molecule has 1 aromatic rings. The summed E-state index contributed by atoms with van der Waals surface area (Å²) in [5.74, 6) is 0.168. The summed E-state index contributed by atoms with van der Waals surface area (Å²) in [6, 6.07) is 7.63. The average Bonchev–Trinajstić information content (AvgIpc) is 2.59. The normalized spacial score (nSPS) is 18.1. The number of piperidine rings is 1. The third kappa shape index (κ3) is 4.03. The van der Waals surface area contributed by atoms with Crippen LogP contribution in [0, 0.1) is 0 Å². The van der Waals surface area contributed by atoms with Crippen molar-refractivity contribution in [2.75, 3.05) is 19.4 Å². The van der Waals surface area contributed by atoms with Gasteiger partial charge in [-0.25, -0.2) is 4.79 Å². The zero-order chi connectivity index (χ0) is 15.9. The number of esters is 1. The van der Waals surface area contributed by atoms with Gasteiger partial charge in [0.2, 0.25) is 5.91 Å². The summed E-state index contributed by atoms with van der Waals surface area (Å²) in [4.78, 5) is 27.0. The molecule has 0 bridgehead atoms. The Bertz CT molecular complexity index is 532. The van der Waals surface area contributed by atoms with Gasteiger partial charge in [-0.15, -0.1) is 11.8 Å². The Balaban J connectivity index is 2.00. The summed E-state index contributed by atoms with van der Waals surface area (Å²) < 4.78 is 4.79. The second-order valence-electron chi connectivity index (χ2n) is 5.42. The maximum atomic E-state index is 12.5. The zero-order valence-electron chi connectivity index (χ0n) is 13.2. The van der Waals surface area contributed by atoms with E-state index in [9.17, 15) is 9.59 Å². The van der Waals surface area contributed by atoms with E-state index in [0.29, 0.717) is 17.4 Å². The Morgan fingerprint density at radius 3 is 2.82 bits per heavy atom. The fourth-order valence-electron chi connectivity index (χ4n) is 2.85. The Kier molecular flexibility index (Phi) is 6.31. The van der Waals surface area contributed by atoms with Gasteiger partial charge in [0.15, 0.2) is 0 Å². The lowest BCUT2D eigenvalue weighted by Gasteiger charge is -2.35. The molecule has 0 spiro atoms. The Labute approximate surface area is 136 Å². The molecule has 0 aromatic heterocycles. The maximum absolute atomic E-state index is 12.5. The Morgan fingerprint density at radius 1 is 1.32 bits per heavy atom. The van der Waals surface area contributed by atoms with E-state index in [-0.39, 0.29) is 11.9 Å². The number of nitrogens with zero attached hydrogens (tertiary/aromatic N) is 1. The van der Waals surface area contributed by atoms with Crippen LogP contribution in [-0.2, 0) is 9.53 Å². The molecule has 0 saturated carbocycles. The van der Waals surface area contributed by atoms with Crippen molar-refractivity contribution < 1.29 is 14.3 Å². The monoisotopic (exact) mass is 321 g/mol. The number of benzene rings is 1. The summed E-state index contributed by atoms with van der Waals surface area (Å²) >= 11 is 1.41. The first kappa shape index (κ1) is 16.9. The number of carbonyl (C=O) groups is 2. The van der Waals surface area contributed by atoms with Crippen molar-refractivity contribution in [1.29, 1.82) is 0 Å². The van der Waals surface area contributed by atoms with E-state index in [1.54, 1.807) is 12.1 Å². The molecule has 2 rings (SSSR count). The molecule has 1 aliphatic heterocycles. The molecular formula is C17H23NO3S. The van der Waals surface area contributed by atoms with Crippen molar-refractivity contribution >= 4 is 23.6 Å². The summed E-state index contributed by atoms with van der Waals surface area (Å²) in [5.41, 5.74) is 0.522. The minimum atomic E-state index is -0.361. The van der Waals surface area contributed by atoms with E-state index in [1.807, 2.05) is 17.0 Å². The van der Waals surface area contributed by atoms with Gasteiger partial charge in [0.1, 0.15) is 0 Å². The summed E-state index contributed by atoms with van der Waals surface area (Å²) in [6.45, 7) is 2.99. The maximum Gasteiger partial charge on any atom is 0.338 e. The first-order valence-corrected chi connectivity index (χ1v) is 8.75. The molecule has 1 heterocycles. The molecule has 1 unspecified atom stereocenters. The van der Waals surface area contributed by atoms with Crippen molar-refractivity contribution in [2.24, 2.45) is 0 Å². The van der Waals surface area contributed by atoms with E-state index in [1.165, 1.54) is 25.3 Å². The third-order valence-corrected chi connectivity index (χ3v) is 5.12. The van der Waals surface area contributed by atoms with Crippen LogP contribution in [-0.4, -0.2) is 42.2 Å². The van der Waals surface area contributed by atoms with E-state index in [2.05, 4.69) is 6.92 Å². The number of hydrogen-bond acceptors (Lipinski definition) is 4. The van der Waals surface area contributed by atoms with E-state index < -0.39 is 0 Å². The standard InChI is InChI=1S/C17H23NO3S/c1-3-13-8-6-7-11-18(13)16(19)12-22-15-10-5-4-9-14(15)17(20)21-2/h4-5,9-10,13H,3,6-8,11-12H2,1-2H3. The van der Waals surface area contributed by atoms with Gasteiger partial charge in [-0.1, -0.05) is 19.1 Å². The largest absolute Gasteiger partial charge is 0.465 e. The van der Waals surface area contributed by atoms with Gasteiger partial charge < -0.3 is 9.64 Å². The number of amides is 1. The van der Waals surface area contributed by atoms with E-state index in [4.69, 9.17) is 4.74 Å². The topological polar surface area (TPSA) is 46.6 Å². The van der Waals surface area contributed by atoms with Gasteiger partial charge in [0.05, 0.1) is 18.4 Å². The van der Waals surface area contributed by atoms with Gasteiger partial charge in [0, 0.05) is 17.5 Å². The molecule has 1 amide bonds. The number of likely N-dealkylation sites (tertiary alicyclic amines) is 1. The number of carbonyl (C=O) groups excluding carboxylic acids is 2. The number of rotatable bonds is 5. The highest BCUT2D eigenvalue weighted by Gasteiger charge is 2.25. The lowest BCUT2D eigenvalue weighted by molar-refractivity contribution is -0.132. The SMILES string of the molecule is CCC1CCCCN1C(=O)CSc1ccccc1C(=O)OC. The molecule has 1 atom stereocenters. The number of hydrogen-bond donors (Lipinski definition) is 0. The lowest BCUT2D eigenvalue weighted by Crippen LogP contribution is -2.44. The predicted octanol–water partition coefficient (Wildman–Crippen LogP) is 3.36. The Hall–Kier alpha value is -1.49. The van der Waals surface area contributed by atoms with Gasteiger partial charge in [-0.3, -0.25) is 4.79 Å². The fraction of sp³-hybridized carbons (Fsp3) is 0.529. The second kappa shape index (κ2) is 8.22. The molecule has 0 N–H and O–H groups in total. The molecule has 120 valence electrons. The third-order valence-electron chi connectivity index (χ3n) is 4.06. The summed E-state index contributed by atoms with van der Waals surface area (Å²) in [7, 11) is 1.37. The van der Waals surface area contributed by atoms with Crippen LogP contribution in [0.5, 0.6) is 0 Å². The van der Waals surface area contributed by atoms with Gasteiger partial charge in [-0.05, 0) is 37.8 Å².